The minimum Gasteiger partial charge on any atom is -0.373 e. The van der Waals surface area contributed by atoms with Gasteiger partial charge in [0.2, 0.25) is 5.91 Å². The molecule has 20 heavy (non-hydrogen) atoms. The number of amides is 1. The molecule has 2 heterocycles. The molecule has 2 saturated heterocycles. The minimum atomic E-state index is -0.177. The lowest BCUT2D eigenvalue weighted by Gasteiger charge is -2.41. The second-order valence-corrected chi connectivity index (χ2v) is 6.51. The lowest BCUT2D eigenvalue weighted by Crippen LogP contribution is -2.48. The molecule has 0 aromatic rings. The van der Waals surface area contributed by atoms with Crippen LogP contribution in [0, 0.1) is 5.92 Å². The third-order valence-electron chi connectivity index (χ3n) is 4.98. The van der Waals surface area contributed by atoms with Gasteiger partial charge in [0.15, 0.2) is 0 Å². The Balaban J connectivity index is 1.50. The molecule has 1 spiro atoms. The van der Waals surface area contributed by atoms with Crippen molar-refractivity contribution in [2.45, 2.75) is 44.1 Å². The second kappa shape index (κ2) is 6.27. The number of nitrogens with zero attached hydrogens (tertiary/aromatic N) is 1. The summed E-state index contributed by atoms with van der Waals surface area (Å²) >= 11 is 0. The third-order valence-corrected chi connectivity index (χ3v) is 4.98. The van der Waals surface area contributed by atoms with Crippen LogP contribution in [0.15, 0.2) is 12.2 Å². The zero-order valence-corrected chi connectivity index (χ0v) is 12.3. The molecule has 0 aromatic carbocycles. The Morgan fingerprint density at radius 3 is 2.95 bits per heavy atom. The quantitative estimate of drug-likeness (QED) is 0.782. The highest BCUT2D eigenvalue weighted by molar-refractivity contribution is 5.77. The molecule has 2 fully saturated rings. The first-order valence-electron chi connectivity index (χ1n) is 8.04. The van der Waals surface area contributed by atoms with Crippen LogP contribution in [0.5, 0.6) is 0 Å². The van der Waals surface area contributed by atoms with Gasteiger partial charge in [-0.3, -0.25) is 4.79 Å². The minimum absolute atomic E-state index is 0.161. The van der Waals surface area contributed by atoms with Gasteiger partial charge in [-0.2, -0.15) is 0 Å². The van der Waals surface area contributed by atoms with Crippen molar-refractivity contribution in [2.24, 2.45) is 5.92 Å². The molecule has 1 unspecified atom stereocenters. The number of carbonyl (C=O) groups excluding carboxylic acids is 1. The number of carbonyl (C=O) groups is 1. The number of nitrogens with one attached hydrogen (secondary N) is 1. The van der Waals surface area contributed by atoms with Gasteiger partial charge in [-0.25, -0.2) is 0 Å². The Bertz CT molecular complexity index is 373. The molecule has 0 aromatic heterocycles. The molecule has 1 atom stereocenters. The summed E-state index contributed by atoms with van der Waals surface area (Å²) < 4.78 is 6.02. The van der Waals surface area contributed by atoms with Crippen molar-refractivity contribution in [3.05, 3.63) is 12.2 Å². The summed E-state index contributed by atoms with van der Waals surface area (Å²) in [5.74, 6) is 0.987. The maximum atomic E-state index is 11.7. The standard InChI is InChI=1S/C16H26N2O2/c19-15-12-16(20-11-8-17-15)6-9-18(10-7-16)13-14-4-2-1-3-5-14/h1-2,14H,3-13H2,(H,17,19). The SMILES string of the molecule is O=C1CC2(CCN(CC3CC=CCC3)CC2)OCCN1. The average Bonchev–Trinajstić information content (AvgIpc) is 2.65. The monoisotopic (exact) mass is 278 g/mol. The molecule has 1 amide bonds. The molecule has 112 valence electrons. The van der Waals surface area contributed by atoms with Crippen LogP contribution >= 0.6 is 0 Å². The highest BCUT2D eigenvalue weighted by Gasteiger charge is 2.39. The van der Waals surface area contributed by atoms with E-state index in [1.54, 1.807) is 0 Å². The first-order chi connectivity index (χ1) is 9.76. The second-order valence-electron chi connectivity index (χ2n) is 6.51. The Hall–Kier alpha value is -0.870. The Kier molecular flexibility index (Phi) is 4.41. The van der Waals surface area contributed by atoms with Gasteiger partial charge in [0.1, 0.15) is 0 Å². The molecule has 1 N–H and O–H groups in total. The van der Waals surface area contributed by atoms with Crippen LogP contribution in [0.1, 0.15) is 38.5 Å². The molecule has 0 radical (unpaired) electrons. The molecular formula is C16H26N2O2. The predicted molar refractivity (Wildman–Crippen MR) is 78.5 cm³/mol. The van der Waals surface area contributed by atoms with E-state index in [0.29, 0.717) is 19.6 Å². The van der Waals surface area contributed by atoms with E-state index in [9.17, 15) is 4.79 Å². The Labute approximate surface area is 121 Å². The zero-order chi connectivity index (χ0) is 13.8. The lowest BCUT2D eigenvalue weighted by molar-refractivity contribution is -0.128. The maximum Gasteiger partial charge on any atom is 0.222 e. The van der Waals surface area contributed by atoms with E-state index < -0.39 is 0 Å². The molecule has 2 aliphatic heterocycles. The van der Waals surface area contributed by atoms with E-state index in [4.69, 9.17) is 4.74 Å². The molecule has 3 aliphatic rings. The van der Waals surface area contributed by atoms with Gasteiger partial charge >= 0.3 is 0 Å². The molecule has 0 bridgehead atoms. The van der Waals surface area contributed by atoms with E-state index in [2.05, 4.69) is 22.4 Å². The summed E-state index contributed by atoms with van der Waals surface area (Å²) in [6.07, 6.45) is 11.0. The number of hydrogen-bond donors (Lipinski definition) is 1. The normalized spacial score (nSPS) is 31.0. The van der Waals surface area contributed by atoms with Crippen molar-refractivity contribution < 1.29 is 9.53 Å². The van der Waals surface area contributed by atoms with Gasteiger partial charge in [-0.15, -0.1) is 0 Å². The molecular weight excluding hydrogens is 252 g/mol. The van der Waals surface area contributed by atoms with Crippen molar-refractivity contribution in [1.82, 2.24) is 10.2 Å². The largest absolute Gasteiger partial charge is 0.373 e. The highest BCUT2D eigenvalue weighted by atomic mass is 16.5. The first-order valence-corrected chi connectivity index (χ1v) is 8.04. The van der Waals surface area contributed by atoms with E-state index in [1.807, 2.05) is 0 Å². The number of allylic oxidation sites excluding steroid dienone is 2. The van der Waals surface area contributed by atoms with Crippen molar-refractivity contribution >= 4 is 5.91 Å². The highest BCUT2D eigenvalue weighted by Crippen LogP contribution is 2.32. The molecule has 0 saturated carbocycles. The summed E-state index contributed by atoms with van der Waals surface area (Å²) in [5.41, 5.74) is -0.177. The van der Waals surface area contributed by atoms with E-state index in [1.165, 1.54) is 25.8 Å². The van der Waals surface area contributed by atoms with Gasteiger partial charge < -0.3 is 15.0 Å². The summed E-state index contributed by atoms with van der Waals surface area (Å²) in [6.45, 7) is 4.70. The van der Waals surface area contributed by atoms with Crippen LogP contribution in [0.4, 0.5) is 0 Å². The van der Waals surface area contributed by atoms with Crippen molar-refractivity contribution in [1.29, 1.82) is 0 Å². The molecule has 4 heteroatoms. The van der Waals surface area contributed by atoms with Gasteiger partial charge in [0.25, 0.3) is 0 Å². The van der Waals surface area contributed by atoms with E-state index in [-0.39, 0.29) is 11.5 Å². The fourth-order valence-corrected chi connectivity index (χ4v) is 3.72. The Morgan fingerprint density at radius 1 is 1.35 bits per heavy atom. The number of piperidine rings is 1. The van der Waals surface area contributed by atoms with E-state index in [0.717, 1.165) is 31.8 Å². The smallest absolute Gasteiger partial charge is 0.222 e. The van der Waals surface area contributed by atoms with Gasteiger partial charge in [0.05, 0.1) is 18.6 Å². The van der Waals surface area contributed by atoms with E-state index >= 15 is 0 Å². The molecule has 1 aliphatic carbocycles. The van der Waals surface area contributed by atoms with Gasteiger partial charge in [-0.05, 0) is 38.0 Å². The van der Waals surface area contributed by atoms with Crippen LogP contribution in [-0.2, 0) is 9.53 Å². The van der Waals surface area contributed by atoms with Crippen molar-refractivity contribution in [3.63, 3.8) is 0 Å². The molecule has 4 nitrogen and oxygen atoms in total. The van der Waals surface area contributed by atoms with Crippen LogP contribution < -0.4 is 5.32 Å². The van der Waals surface area contributed by atoms with Gasteiger partial charge in [0, 0.05) is 26.2 Å². The summed E-state index contributed by atoms with van der Waals surface area (Å²) in [4.78, 5) is 14.3. The number of likely N-dealkylation sites (tertiary alicyclic amines) is 1. The van der Waals surface area contributed by atoms with Crippen molar-refractivity contribution in [3.8, 4) is 0 Å². The fourth-order valence-electron chi connectivity index (χ4n) is 3.72. The van der Waals surface area contributed by atoms with Crippen LogP contribution in [0.25, 0.3) is 0 Å². The fraction of sp³-hybridized carbons (Fsp3) is 0.812. The predicted octanol–water partition coefficient (Wildman–Crippen LogP) is 1.71. The topological polar surface area (TPSA) is 41.6 Å². The van der Waals surface area contributed by atoms with Crippen LogP contribution in [0.3, 0.4) is 0 Å². The third kappa shape index (κ3) is 3.41. The van der Waals surface area contributed by atoms with Crippen molar-refractivity contribution in [2.75, 3.05) is 32.8 Å². The maximum absolute atomic E-state index is 11.7. The van der Waals surface area contributed by atoms with Crippen LogP contribution in [0.2, 0.25) is 0 Å². The Morgan fingerprint density at radius 2 is 2.20 bits per heavy atom. The first kappa shape index (κ1) is 14.1. The number of rotatable bonds is 2. The average molecular weight is 278 g/mol. The summed E-state index contributed by atoms with van der Waals surface area (Å²) in [7, 11) is 0. The summed E-state index contributed by atoms with van der Waals surface area (Å²) in [6, 6.07) is 0. The summed E-state index contributed by atoms with van der Waals surface area (Å²) in [5, 5.41) is 2.91. The van der Waals surface area contributed by atoms with Gasteiger partial charge in [-0.1, -0.05) is 12.2 Å². The molecule has 3 rings (SSSR count). The van der Waals surface area contributed by atoms with Crippen LogP contribution in [-0.4, -0.2) is 49.2 Å². The zero-order valence-electron chi connectivity index (χ0n) is 12.3. The number of ether oxygens (including phenoxy) is 1. The number of hydrogen-bond acceptors (Lipinski definition) is 3. The lowest BCUT2D eigenvalue weighted by atomic mass is 9.86.